The molecule has 0 aliphatic heterocycles. The number of unbranched alkanes of at least 4 members (excludes halogenated alkanes) is 2. The molecule has 0 aromatic rings. The van der Waals surface area contributed by atoms with Gasteiger partial charge in [-0.05, 0) is 29.6 Å². The Morgan fingerprint density at radius 1 is 0.833 bits per heavy atom. The Balaban J connectivity index is 4.71. The van der Waals surface area contributed by atoms with E-state index in [0.29, 0.717) is 5.41 Å². The van der Waals surface area contributed by atoms with Gasteiger partial charge in [-0.15, -0.1) is 0 Å². The predicted octanol–water partition coefficient (Wildman–Crippen LogP) is 6.69. The van der Waals surface area contributed by atoms with E-state index in [4.69, 9.17) is 0 Å². The molecule has 3 unspecified atom stereocenters. The minimum absolute atomic E-state index is 0.466. The Hall–Kier alpha value is 0. The van der Waals surface area contributed by atoms with Crippen molar-refractivity contribution in [1.82, 2.24) is 0 Å². The summed E-state index contributed by atoms with van der Waals surface area (Å²) in [7, 11) is 0. The first-order valence-corrected chi connectivity index (χ1v) is 8.38. The van der Waals surface area contributed by atoms with E-state index in [1.165, 1.54) is 44.9 Å². The molecule has 0 saturated heterocycles. The van der Waals surface area contributed by atoms with Crippen LogP contribution in [0, 0.1) is 23.2 Å². The molecule has 3 atom stereocenters. The third-order valence-corrected chi connectivity index (χ3v) is 4.70. The van der Waals surface area contributed by atoms with E-state index < -0.39 is 0 Å². The maximum atomic E-state index is 2.50. The fourth-order valence-electron chi connectivity index (χ4n) is 3.62. The maximum Gasteiger partial charge on any atom is -0.0337 e. The van der Waals surface area contributed by atoms with Gasteiger partial charge in [-0.3, -0.25) is 0 Å². The minimum atomic E-state index is 0.466. The fourth-order valence-corrected chi connectivity index (χ4v) is 3.62. The van der Waals surface area contributed by atoms with Gasteiger partial charge in [0.2, 0.25) is 0 Å². The summed E-state index contributed by atoms with van der Waals surface area (Å²) >= 11 is 0. The second-order valence-electron chi connectivity index (χ2n) is 7.31. The summed E-state index contributed by atoms with van der Waals surface area (Å²) in [5.41, 5.74) is 0.466. The van der Waals surface area contributed by atoms with Crippen LogP contribution >= 0.6 is 0 Å². The van der Waals surface area contributed by atoms with E-state index in [-0.39, 0.29) is 0 Å². The quantitative estimate of drug-likeness (QED) is 0.430. The van der Waals surface area contributed by atoms with Crippen LogP contribution in [0.25, 0.3) is 0 Å². The molecule has 0 aliphatic carbocycles. The molecule has 0 amide bonds. The van der Waals surface area contributed by atoms with Gasteiger partial charge in [0.15, 0.2) is 0 Å². The molecule has 0 saturated carbocycles. The van der Waals surface area contributed by atoms with Crippen molar-refractivity contribution in [3.63, 3.8) is 0 Å². The van der Waals surface area contributed by atoms with E-state index in [1.54, 1.807) is 0 Å². The van der Waals surface area contributed by atoms with Crippen molar-refractivity contribution < 1.29 is 0 Å². The molecular formula is C18H38. The normalized spacial score (nSPS) is 17.5. The average molecular weight is 255 g/mol. The van der Waals surface area contributed by atoms with Crippen molar-refractivity contribution in [2.24, 2.45) is 23.2 Å². The molecule has 0 spiro atoms. The van der Waals surface area contributed by atoms with Gasteiger partial charge < -0.3 is 0 Å². The van der Waals surface area contributed by atoms with Crippen molar-refractivity contribution in [2.45, 2.75) is 93.4 Å². The van der Waals surface area contributed by atoms with E-state index in [9.17, 15) is 0 Å². The Morgan fingerprint density at radius 2 is 1.33 bits per heavy atom. The molecule has 0 heterocycles. The van der Waals surface area contributed by atoms with Crippen LogP contribution in [-0.2, 0) is 0 Å². The van der Waals surface area contributed by atoms with Gasteiger partial charge in [-0.2, -0.15) is 0 Å². The molecule has 0 heteroatoms. The van der Waals surface area contributed by atoms with E-state index in [0.717, 1.165) is 17.8 Å². The summed E-state index contributed by atoms with van der Waals surface area (Å²) in [6.45, 7) is 16.8. The van der Waals surface area contributed by atoms with E-state index in [2.05, 4.69) is 48.5 Å². The van der Waals surface area contributed by atoms with Crippen molar-refractivity contribution >= 4 is 0 Å². The highest BCUT2D eigenvalue weighted by Crippen LogP contribution is 2.41. The molecular weight excluding hydrogens is 216 g/mol. The van der Waals surface area contributed by atoms with Crippen LogP contribution in [-0.4, -0.2) is 0 Å². The molecule has 0 aromatic heterocycles. The smallest absolute Gasteiger partial charge is 0.0337 e. The summed E-state index contributed by atoms with van der Waals surface area (Å²) in [5.74, 6) is 2.72. The molecule has 18 heavy (non-hydrogen) atoms. The van der Waals surface area contributed by atoms with E-state index >= 15 is 0 Å². The second kappa shape index (κ2) is 8.99. The van der Waals surface area contributed by atoms with Crippen LogP contribution in [0.15, 0.2) is 0 Å². The molecule has 0 radical (unpaired) electrons. The SMILES string of the molecule is CCCCC(C)C(CCCC)C(CC)C(C)(C)C. The largest absolute Gasteiger partial charge is 0.0654 e. The number of rotatable bonds is 9. The average Bonchev–Trinajstić information content (AvgIpc) is 2.29. The first-order chi connectivity index (χ1) is 8.38. The van der Waals surface area contributed by atoms with E-state index in [1.807, 2.05) is 0 Å². The molecule has 110 valence electrons. The maximum absolute atomic E-state index is 2.50. The van der Waals surface area contributed by atoms with Crippen LogP contribution in [0.2, 0.25) is 0 Å². The third-order valence-electron chi connectivity index (χ3n) is 4.70. The van der Waals surface area contributed by atoms with Gasteiger partial charge in [0.1, 0.15) is 0 Å². The standard InChI is InChI=1S/C18H38/c1-8-11-13-15(4)16(14-12-9-2)17(10-3)18(5,6)7/h15-17H,8-14H2,1-7H3. The van der Waals surface area contributed by atoms with Crippen molar-refractivity contribution in [1.29, 1.82) is 0 Å². The van der Waals surface area contributed by atoms with Gasteiger partial charge in [-0.25, -0.2) is 0 Å². The Labute approximate surface area is 117 Å². The highest BCUT2D eigenvalue weighted by molar-refractivity contribution is 4.82. The molecule has 0 N–H and O–H groups in total. The molecule has 0 fully saturated rings. The lowest BCUT2D eigenvalue weighted by Crippen LogP contribution is -2.31. The monoisotopic (exact) mass is 254 g/mol. The topological polar surface area (TPSA) is 0 Å². The minimum Gasteiger partial charge on any atom is -0.0654 e. The van der Waals surface area contributed by atoms with Gasteiger partial charge >= 0.3 is 0 Å². The highest BCUT2D eigenvalue weighted by atomic mass is 14.4. The molecule has 0 aliphatic rings. The zero-order valence-electron chi connectivity index (χ0n) is 14.2. The third kappa shape index (κ3) is 6.25. The summed E-state index contributed by atoms with van der Waals surface area (Å²) < 4.78 is 0. The lowest BCUT2D eigenvalue weighted by molar-refractivity contribution is 0.0968. The molecule has 0 aromatic carbocycles. The molecule has 0 rings (SSSR count). The summed E-state index contributed by atoms with van der Waals surface area (Å²) in [6.07, 6.45) is 9.72. The molecule has 0 nitrogen and oxygen atoms in total. The van der Waals surface area contributed by atoms with Crippen LogP contribution in [0.3, 0.4) is 0 Å². The Bertz CT molecular complexity index is 187. The Morgan fingerprint density at radius 3 is 1.72 bits per heavy atom. The highest BCUT2D eigenvalue weighted by Gasteiger charge is 2.33. The Kier molecular flexibility index (Phi) is 8.99. The van der Waals surface area contributed by atoms with Crippen molar-refractivity contribution in [3.05, 3.63) is 0 Å². The first-order valence-electron chi connectivity index (χ1n) is 8.38. The van der Waals surface area contributed by atoms with Crippen LogP contribution in [0.4, 0.5) is 0 Å². The number of hydrogen-bond donors (Lipinski definition) is 0. The van der Waals surface area contributed by atoms with Crippen LogP contribution < -0.4 is 0 Å². The van der Waals surface area contributed by atoms with Gasteiger partial charge in [0, 0.05) is 0 Å². The van der Waals surface area contributed by atoms with Crippen LogP contribution in [0.1, 0.15) is 93.4 Å². The first kappa shape index (κ1) is 18.0. The number of hydrogen-bond acceptors (Lipinski definition) is 0. The predicted molar refractivity (Wildman–Crippen MR) is 84.9 cm³/mol. The van der Waals surface area contributed by atoms with Crippen molar-refractivity contribution in [3.8, 4) is 0 Å². The van der Waals surface area contributed by atoms with Crippen LogP contribution in [0.5, 0.6) is 0 Å². The lowest BCUT2D eigenvalue weighted by Gasteiger charge is -2.40. The summed E-state index contributed by atoms with van der Waals surface area (Å²) in [4.78, 5) is 0. The van der Waals surface area contributed by atoms with Crippen molar-refractivity contribution in [2.75, 3.05) is 0 Å². The van der Waals surface area contributed by atoms with Gasteiger partial charge in [-0.1, -0.05) is 87.0 Å². The zero-order chi connectivity index (χ0) is 14.2. The van der Waals surface area contributed by atoms with Gasteiger partial charge in [0.25, 0.3) is 0 Å². The zero-order valence-corrected chi connectivity index (χ0v) is 14.2. The fraction of sp³-hybridized carbons (Fsp3) is 1.00. The second-order valence-corrected chi connectivity index (χ2v) is 7.31. The van der Waals surface area contributed by atoms with Gasteiger partial charge in [0.05, 0.1) is 0 Å². The summed E-state index contributed by atoms with van der Waals surface area (Å²) in [5, 5.41) is 0. The summed E-state index contributed by atoms with van der Waals surface area (Å²) in [6, 6.07) is 0. The lowest BCUT2D eigenvalue weighted by atomic mass is 9.65. The molecule has 0 bridgehead atoms.